The van der Waals surface area contributed by atoms with Crippen molar-refractivity contribution in [2.75, 3.05) is 6.54 Å². The molecule has 1 aromatic carbocycles. The molecule has 0 amide bonds. The summed E-state index contributed by atoms with van der Waals surface area (Å²) in [5.41, 5.74) is 3.87. The van der Waals surface area contributed by atoms with Crippen molar-refractivity contribution < 1.29 is 4.42 Å². The highest BCUT2D eigenvalue weighted by Gasteiger charge is 2.19. The molecule has 0 spiro atoms. The van der Waals surface area contributed by atoms with Crippen LogP contribution in [0.3, 0.4) is 0 Å². The van der Waals surface area contributed by atoms with Crippen molar-refractivity contribution in [1.29, 1.82) is 0 Å². The third-order valence-corrected chi connectivity index (χ3v) is 4.02. The van der Waals surface area contributed by atoms with Gasteiger partial charge in [0.15, 0.2) is 0 Å². The minimum absolute atomic E-state index is 0.101. The number of furan rings is 1. The molecule has 1 N–H and O–H groups in total. The molecule has 1 atom stereocenters. The Kier molecular flexibility index (Phi) is 4.83. The van der Waals surface area contributed by atoms with E-state index in [4.69, 9.17) is 4.42 Å². The van der Waals surface area contributed by atoms with Crippen LogP contribution in [0.25, 0.3) is 0 Å². The molecule has 0 bridgehead atoms. The van der Waals surface area contributed by atoms with Crippen LogP contribution in [-0.4, -0.2) is 6.54 Å². The van der Waals surface area contributed by atoms with Gasteiger partial charge in [0.25, 0.3) is 0 Å². The minimum Gasteiger partial charge on any atom is -0.466 e. The fraction of sp³-hybridized carbons (Fsp3) is 0.375. The van der Waals surface area contributed by atoms with Gasteiger partial charge < -0.3 is 9.73 Å². The lowest BCUT2D eigenvalue weighted by Gasteiger charge is -2.18. The summed E-state index contributed by atoms with van der Waals surface area (Å²) in [6.45, 7) is 7.41. The molecule has 0 radical (unpaired) electrons. The molecule has 2 rings (SSSR count). The number of rotatable bonds is 5. The average Bonchev–Trinajstić information content (AvgIpc) is 2.80. The zero-order chi connectivity index (χ0) is 13.8. The first kappa shape index (κ1) is 14.4. The SMILES string of the molecule is CCCNC(c1ccc(C)c(C)c1)c1occc1Br. The van der Waals surface area contributed by atoms with Crippen molar-refractivity contribution in [3.8, 4) is 0 Å². The third-order valence-electron chi connectivity index (χ3n) is 3.37. The number of benzene rings is 1. The molecule has 2 nitrogen and oxygen atoms in total. The van der Waals surface area contributed by atoms with E-state index in [0.29, 0.717) is 0 Å². The monoisotopic (exact) mass is 321 g/mol. The predicted molar refractivity (Wildman–Crippen MR) is 82.5 cm³/mol. The van der Waals surface area contributed by atoms with Crippen LogP contribution in [0.4, 0.5) is 0 Å². The quantitative estimate of drug-likeness (QED) is 0.859. The lowest BCUT2D eigenvalue weighted by atomic mass is 9.99. The van der Waals surface area contributed by atoms with E-state index >= 15 is 0 Å². The maximum absolute atomic E-state index is 5.64. The van der Waals surface area contributed by atoms with Crippen molar-refractivity contribution in [2.24, 2.45) is 0 Å². The van der Waals surface area contributed by atoms with E-state index in [-0.39, 0.29) is 6.04 Å². The van der Waals surface area contributed by atoms with E-state index in [1.54, 1.807) is 6.26 Å². The van der Waals surface area contributed by atoms with Crippen molar-refractivity contribution in [3.63, 3.8) is 0 Å². The Bertz CT molecular complexity index is 547. The smallest absolute Gasteiger partial charge is 0.139 e. The van der Waals surface area contributed by atoms with E-state index in [1.807, 2.05) is 6.07 Å². The number of halogens is 1. The molecule has 0 saturated carbocycles. The summed E-state index contributed by atoms with van der Waals surface area (Å²) >= 11 is 3.56. The van der Waals surface area contributed by atoms with Crippen LogP contribution in [0.1, 0.15) is 41.8 Å². The number of nitrogens with one attached hydrogen (secondary N) is 1. The van der Waals surface area contributed by atoms with E-state index < -0.39 is 0 Å². The van der Waals surface area contributed by atoms with Crippen molar-refractivity contribution in [3.05, 3.63) is 57.5 Å². The highest BCUT2D eigenvalue weighted by Crippen LogP contribution is 2.30. The molecule has 2 aromatic rings. The van der Waals surface area contributed by atoms with Crippen molar-refractivity contribution in [1.82, 2.24) is 5.32 Å². The molecule has 0 fully saturated rings. The summed E-state index contributed by atoms with van der Waals surface area (Å²) in [5.74, 6) is 0.941. The summed E-state index contributed by atoms with van der Waals surface area (Å²) in [4.78, 5) is 0. The molecule has 0 saturated heterocycles. The van der Waals surface area contributed by atoms with Gasteiger partial charge in [-0.25, -0.2) is 0 Å². The van der Waals surface area contributed by atoms with Crippen LogP contribution in [0.2, 0.25) is 0 Å². The van der Waals surface area contributed by atoms with Crippen molar-refractivity contribution >= 4 is 15.9 Å². The minimum atomic E-state index is 0.101. The van der Waals surface area contributed by atoms with E-state index in [0.717, 1.165) is 23.2 Å². The predicted octanol–water partition coefficient (Wildman–Crippen LogP) is 4.75. The van der Waals surface area contributed by atoms with Crippen molar-refractivity contribution in [2.45, 2.75) is 33.2 Å². The molecular weight excluding hydrogens is 302 g/mol. The van der Waals surface area contributed by atoms with E-state index in [2.05, 4.69) is 60.2 Å². The second-order valence-corrected chi connectivity index (χ2v) is 5.72. The van der Waals surface area contributed by atoms with Gasteiger partial charge in [-0.3, -0.25) is 0 Å². The Morgan fingerprint density at radius 3 is 2.58 bits per heavy atom. The van der Waals surface area contributed by atoms with Gasteiger partial charge in [-0.2, -0.15) is 0 Å². The number of aryl methyl sites for hydroxylation is 2. The molecule has 0 aliphatic heterocycles. The lowest BCUT2D eigenvalue weighted by molar-refractivity contribution is 0.444. The first-order valence-electron chi connectivity index (χ1n) is 6.67. The fourth-order valence-electron chi connectivity index (χ4n) is 2.11. The van der Waals surface area contributed by atoms with Crippen LogP contribution in [0.15, 0.2) is 39.4 Å². The van der Waals surface area contributed by atoms with Gasteiger partial charge in [0, 0.05) is 0 Å². The maximum atomic E-state index is 5.64. The van der Waals surface area contributed by atoms with Crippen LogP contribution in [0.5, 0.6) is 0 Å². The van der Waals surface area contributed by atoms with Gasteiger partial charge >= 0.3 is 0 Å². The van der Waals surface area contributed by atoms with E-state index in [1.165, 1.54) is 16.7 Å². The molecule has 1 unspecified atom stereocenters. The van der Waals surface area contributed by atoms with Crippen LogP contribution in [0, 0.1) is 13.8 Å². The van der Waals surface area contributed by atoms with Gasteiger partial charge in [0.05, 0.1) is 16.8 Å². The summed E-state index contributed by atoms with van der Waals surface area (Å²) in [5, 5.41) is 3.55. The lowest BCUT2D eigenvalue weighted by Crippen LogP contribution is -2.23. The molecule has 3 heteroatoms. The maximum Gasteiger partial charge on any atom is 0.139 e. The Labute approximate surface area is 123 Å². The van der Waals surface area contributed by atoms with Gasteiger partial charge in [-0.1, -0.05) is 25.1 Å². The second-order valence-electron chi connectivity index (χ2n) is 4.86. The molecular formula is C16H20BrNO. The second kappa shape index (κ2) is 6.40. The Morgan fingerprint density at radius 1 is 1.21 bits per heavy atom. The molecule has 19 heavy (non-hydrogen) atoms. The Morgan fingerprint density at radius 2 is 2.00 bits per heavy atom. The Hall–Kier alpha value is -1.06. The first-order chi connectivity index (χ1) is 9.13. The van der Waals surface area contributed by atoms with Gasteiger partial charge in [0.1, 0.15) is 5.76 Å². The summed E-state index contributed by atoms with van der Waals surface area (Å²) < 4.78 is 6.65. The fourth-order valence-corrected chi connectivity index (χ4v) is 2.54. The Balaban J connectivity index is 2.37. The zero-order valence-electron chi connectivity index (χ0n) is 11.7. The van der Waals surface area contributed by atoms with E-state index in [9.17, 15) is 0 Å². The summed E-state index contributed by atoms with van der Waals surface area (Å²) in [6.07, 6.45) is 2.82. The topological polar surface area (TPSA) is 25.2 Å². The third kappa shape index (κ3) is 3.28. The van der Waals surface area contributed by atoms with Gasteiger partial charge in [-0.15, -0.1) is 0 Å². The molecule has 1 heterocycles. The zero-order valence-corrected chi connectivity index (χ0v) is 13.3. The number of hydrogen-bond donors (Lipinski definition) is 1. The highest BCUT2D eigenvalue weighted by atomic mass is 79.9. The summed E-state index contributed by atoms with van der Waals surface area (Å²) in [6, 6.07) is 8.62. The average molecular weight is 322 g/mol. The molecule has 1 aromatic heterocycles. The standard InChI is InChI=1S/C16H20BrNO/c1-4-8-18-15(16-14(17)7-9-19-16)13-6-5-11(2)12(3)10-13/h5-7,9-10,15,18H,4,8H2,1-3H3. The summed E-state index contributed by atoms with van der Waals surface area (Å²) in [7, 11) is 0. The number of hydrogen-bond acceptors (Lipinski definition) is 2. The molecule has 0 aliphatic carbocycles. The van der Waals surface area contributed by atoms with Crippen LogP contribution < -0.4 is 5.32 Å². The first-order valence-corrected chi connectivity index (χ1v) is 7.46. The van der Waals surface area contributed by atoms with Crippen LogP contribution >= 0.6 is 15.9 Å². The largest absolute Gasteiger partial charge is 0.466 e. The van der Waals surface area contributed by atoms with Gasteiger partial charge in [0.2, 0.25) is 0 Å². The molecule has 102 valence electrons. The van der Waals surface area contributed by atoms with Gasteiger partial charge in [-0.05, 0) is 65.5 Å². The normalized spacial score (nSPS) is 12.6. The highest BCUT2D eigenvalue weighted by molar-refractivity contribution is 9.10. The van der Waals surface area contributed by atoms with Crippen LogP contribution in [-0.2, 0) is 0 Å². The molecule has 0 aliphatic rings.